The van der Waals surface area contributed by atoms with Crippen molar-refractivity contribution < 1.29 is 14.3 Å². The third-order valence-electron chi connectivity index (χ3n) is 5.49. The van der Waals surface area contributed by atoms with Gasteiger partial charge in [0.15, 0.2) is 5.13 Å². The number of anilines is 2. The first-order chi connectivity index (χ1) is 15.9. The summed E-state index contributed by atoms with van der Waals surface area (Å²) in [7, 11) is 3.03. The molecule has 0 saturated carbocycles. The van der Waals surface area contributed by atoms with Gasteiger partial charge in [-0.2, -0.15) is 0 Å². The Hall–Kier alpha value is -3.03. The zero-order valence-electron chi connectivity index (χ0n) is 19.1. The molecule has 2 heterocycles. The van der Waals surface area contributed by atoms with E-state index in [0.717, 1.165) is 56.6 Å². The lowest BCUT2D eigenvalue weighted by Crippen LogP contribution is -2.17. The lowest BCUT2D eigenvalue weighted by Gasteiger charge is -2.21. The molecule has 0 amide bonds. The van der Waals surface area contributed by atoms with Crippen molar-refractivity contribution in [3.63, 3.8) is 0 Å². The van der Waals surface area contributed by atoms with Crippen molar-refractivity contribution >= 4 is 50.6 Å². The third kappa shape index (κ3) is 4.70. The zero-order valence-corrected chi connectivity index (χ0v) is 20.7. The van der Waals surface area contributed by atoms with Crippen LogP contribution in [-0.4, -0.2) is 36.3 Å². The number of aromatic nitrogens is 2. The summed E-state index contributed by atoms with van der Waals surface area (Å²) >= 11 is 8.18. The molecule has 8 heteroatoms. The van der Waals surface area contributed by atoms with E-state index < -0.39 is 0 Å². The van der Waals surface area contributed by atoms with Gasteiger partial charge >= 0.3 is 5.97 Å². The molecule has 0 atom stereocenters. The van der Waals surface area contributed by atoms with Gasteiger partial charge in [0, 0.05) is 39.8 Å². The molecule has 0 bridgehead atoms. The van der Waals surface area contributed by atoms with E-state index in [0.29, 0.717) is 5.02 Å². The fraction of sp³-hybridized carbons (Fsp3) is 0.280. The van der Waals surface area contributed by atoms with Crippen molar-refractivity contribution in [2.75, 3.05) is 25.7 Å². The Morgan fingerprint density at radius 1 is 1.18 bits per heavy atom. The first kappa shape index (κ1) is 23.1. The van der Waals surface area contributed by atoms with Crippen LogP contribution in [0.1, 0.15) is 18.2 Å². The summed E-state index contributed by atoms with van der Waals surface area (Å²) in [5, 5.41) is 2.60. The van der Waals surface area contributed by atoms with E-state index in [4.69, 9.17) is 26.1 Å². The summed E-state index contributed by atoms with van der Waals surface area (Å²) in [5.41, 5.74) is 3.82. The number of carbonyl (C=O) groups is 1. The first-order valence-corrected chi connectivity index (χ1v) is 11.9. The fourth-order valence-electron chi connectivity index (χ4n) is 3.82. The van der Waals surface area contributed by atoms with Crippen molar-refractivity contribution in [3.05, 3.63) is 58.6 Å². The van der Waals surface area contributed by atoms with Crippen LogP contribution in [0, 0.1) is 6.92 Å². The molecule has 2 aromatic heterocycles. The quantitative estimate of drug-likeness (QED) is 0.269. The number of carbonyl (C=O) groups excluding carboxylic acids is 1. The fourth-order valence-corrected chi connectivity index (χ4v) is 5.05. The van der Waals surface area contributed by atoms with Gasteiger partial charge in [-0.15, -0.1) is 11.3 Å². The van der Waals surface area contributed by atoms with Gasteiger partial charge < -0.3 is 18.9 Å². The second kappa shape index (κ2) is 9.85. The summed E-state index contributed by atoms with van der Waals surface area (Å²) in [6.07, 6.45) is 2.88. The molecule has 0 fully saturated rings. The number of aryl methyl sites for hydroxylation is 1. The Morgan fingerprint density at radius 2 is 2.00 bits per heavy atom. The number of fused-ring (bicyclic) bond motifs is 1. The Balaban J connectivity index is 1.70. The van der Waals surface area contributed by atoms with Gasteiger partial charge in [-0.3, -0.25) is 4.79 Å². The highest BCUT2D eigenvalue weighted by atomic mass is 35.5. The highest BCUT2D eigenvalue weighted by molar-refractivity contribution is 7.16. The number of ether oxygens (including phenoxy) is 2. The number of nitrogens with zero attached hydrogens (tertiary/aromatic N) is 3. The summed E-state index contributed by atoms with van der Waals surface area (Å²) < 4.78 is 12.0. The van der Waals surface area contributed by atoms with Crippen LogP contribution in [-0.2, 0) is 16.1 Å². The van der Waals surface area contributed by atoms with Crippen molar-refractivity contribution in [2.45, 2.75) is 26.8 Å². The van der Waals surface area contributed by atoms with Crippen LogP contribution < -0.4 is 9.64 Å². The number of halogens is 1. The average molecular weight is 484 g/mol. The Labute approximate surface area is 202 Å². The van der Waals surface area contributed by atoms with Gasteiger partial charge in [0.05, 0.1) is 24.9 Å². The minimum absolute atomic E-state index is 0.190. The lowest BCUT2D eigenvalue weighted by molar-refractivity contribution is -0.141. The molecule has 6 nitrogen and oxygen atoms in total. The largest absolute Gasteiger partial charge is 0.497 e. The second-order valence-corrected chi connectivity index (χ2v) is 9.25. The van der Waals surface area contributed by atoms with Gasteiger partial charge in [-0.05, 0) is 55.8 Å². The van der Waals surface area contributed by atoms with Crippen LogP contribution in [0.2, 0.25) is 5.02 Å². The van der Waals surface area contributed by atoms with Crippen LogP contribution >= 0.6 is 22.9 Å². The molecular weight excluding hydrogens is 458 g/mol. The molecule has 0 aliphatic rings. The smallest absolute Gasteiger partial charge is 0.325 e. The molecule has 2 aromatic carbocycles. The maximum Gasteiger partial charge on any atom is 0.325 e. The summed E-state index contributed by atoms with van der Waals surface area (Å²) in [5.74, 6) is 0.448. The molecule has 0 unspecified atom stereocenters. The van der Waals surface area contributed by atoms with E-state index in [-0.39, 0.29) is 12.5 Å². The molecule has 0 N–H and O–H groups in total. The minimum atomic E-state index is -0.271. The summed E-state index contributed by atoms with van der Waals surface area (Å²) in [6, 6.07) is 13.9. The molecular formula is C25H26ClN3O3S. The van der Waals surface area contributed by atoms with E-state index in [1.54, 1.807) is 18.4 Å². The van der Waals surface area contributed by atoms with Gasteiger partial charge in [0.2, 0.25) is 0 Å². The maximum atomic E-state index is 11.7. The monoisotopic (exact) mass is 483 g/mol. The number of hydrogen-bond acceptors (Lipinski definition) is 6. The van der Waals surface area contributed by atoms with Gasteiger partial charge in [-0.25, -0.2) is 4.98 Å². The van der Waals surface area contributed by atoms with Gasteiger partial charge in [0.25, 0.3) is 0 Å². The SMILES string of the molecule is CCCN(c1ccc2c(ccn2CC(=O)OC)c1)c1nc(-c2ccc(OC)cc2Cl)c(C)s1. The number of rotatable bonds is 8. The molecule has 0 aliphatic heterocycles. The third-order valence-corrected chi connectivity index (χ3v) is 6.79. The molecule has 0 aliphatic carbocycles. The molecule has 0 radical (unpaired) electrons. The Bertz CT molecular complexity index is 1300. The summed E-state index contributed by atoms with van der Waals surface area (Å²) in [6.45, 7) is 5.24. The predicted molar refractivity (Wildman–Crippen MR) is 135 cm³/mol. The Morgan fingerprint density at radius 3 is 2.70 bits per heavy atom. The highest BCUT2D eigenvalue weighted by Crippen LogP contribution is 2.39. The highest BCUT2D eigenvalue weighted by Gasteiger charge is 2.19. The van der Waals surface area contributed by atoms with Gasteiger partial charge in [0.1, 0.15) is 12.3 Å². The van der Waals surface area contributed by atoms with E-state index in [2.05, 4.69) is 30.9 Å². The molecule has 4 rings (SSSR count). The zero-order chi connectivity index (χ0) is 23.5. The standard InChI is InChI=1S/C25H26ClN3O3S/c1-5-11-29(18-6-9-22-17(13-18)10-12-28(22)15-23(30)32-4)25-27-24(16(2)33-25)20-8-7-19(31-3)14-21(20)26/h6-10,12-14H,5,11,15H2,1-4H3. The van der Waals surface area contributed by atoms with Crippen LogP contribution in [0.25, 0.3) is 22.2 Å². The van der Waals surface area contributed by atoms with E-state index in [1.165, 1.54) is 7.11 Å². The molecule has 172 valence electrons. The number of benzene rings is 2. The van der Waals surface area contributed by atoms with Crippen molar-refractivity contribution in [2.24, 2.45) is 0 Å². The average Bonchev–Trinajstić information content (AvgIpc) is 3.40. The Kier molecular flexibility index (Phi) is 6.91. The van der Waals surface area contributed by atoms with E-state index in [9.17, 15) is 4.79 Å². The number of esters is 1. The van der Waals surface area contributed by atoms with Crippen LogP contribution in [0.15, 0.2) is 48.7 Å². The molecule has 0 spiro atoms. The topological polar surface area (TPSA) is 56.6 Å². The van der Waals surface area contributed by atoms with E-state index >= 15 is 0 Å². The van der Waals surface area contributed by atoms with Crippen molar-refractivity contribution in [3.8, 4) is 17.0 Å². The molecule has 33 heavy (non-hydrogen) atoms. The second-order valence-electron chi connectivity index (χ2n) is 7.66. The number of methoxy groups -OCH3 is 2. The first-order valence-electron chi connectivity index (χ1n) is 10.7. The number of thiazole rings is 1. The molecule has 4 aromatic rings. The lowest BCUT2D eigenvalue weighted by atomic mass is 10.1. The van der Waals surface area contributed by atoms with E-state index in [1.807, 2.05) is 41.1 Å². The molecule has 0 saturated heterocycles. The van der Waals surface area contributed by atoms with Gasteiger partial charge in [-0.1, -0.05) is 18.5 Å². The van der Waals surface area contributed by atoms with Crippen LogP contribution in [0.4, 0.5) is 10.8 Å². The van der Waals surface area contributed by atoms with Crippen LogP contribution in [0.3, 0.4) is 0 Å². The maximum absolute atomic E-state index is 11.7. The predicted octanol–water partition coefficient (Wildman–Crippen LogP) is 6.46. The summed E-state index contributed by atoms with van der Waals surface area (Å²) in [4.78, 5) is 20.0. The minimum Gasteiger partial charge on any atom is -0.497 e. The normalized spacial score (nSPS) is 11.1. The van der Waals surface area contributed by atoms with Crippen LogP contribution in [0.5, 0.6) is 5.75 Å². The van der Waals surface area contributed by atoms with Crippen molar-refractivity contribution in [1.82, 2.24) is 9.55 Å². The van der Waals surface area contributed by atoms with Crippen molar-refractivity contribution in [1.29, 1.82) is 0 Å². The number of hydrogen-bond donors (Lipinski definition) is 0.